The van der Waals surface area contributed by atoms with Crippen LogP contribution in [0.15, 0.2) is 18.5 Å². The predicted molar refractivity (Wildman–Crippen MR) is 67.1 cm³/mol. The lowest BCUT2D eigenvalue weighted by molar-refractivity contribution is -0.134. The SMILES string of the molecule is O=C(O)c1cncc(OCC(=O)N2CCCCC2)c1. The van der Waals surface area contributed by atoms with Gasteiger partial charge in [0.1, 0.15) is 5.75 Å². The molecule has 0 aliphatic carbocycles. The lowest BCUT2D eigenvalue weighted by atomic mass is 10.1. The zero-order chi connectivity index (χ0) is 13.7. The van der Waals surface area contributed by atoms with Crippen LogP contribution in [-0.2, 0) is 4.79 Å². The minimum absolute atomic E-state index is 0.0444. The number of piperidine rings is 1. The summed E-state index contributed by atoms with van der Waals surface area (Å²) in [6.45, 7) is 1.47. The second-order valence-corrected chi connectivity index (χ2v) is 4.44. The number of carbonyl (C=O) groups excluding carboxylic acids is 1. The van der Waals surface area contributed by atoms with Crippen LogP contribution in [0.25, 0.3) is 0 Å². The number of carbonyl (C=O) groups is 2. The molecule has 102 valence electrons. The smallest absolute Gasteiger partial charge is 0.337 e. The van der Waals surface area contributed by atoms with Crippen molar-refractivity contribution in [2.24, 2.45) is 0 Å². The van der Waals surface area contributed by atoms with Gasteiger partial charge in [-0.2, -0.15) is 0 Å². The number of aromatic nitrogens is 1. The first kappa shape index (κ1) is 13.3. The molecule has 2 heterocycles. The van der Waals surface area contributed by atoms with Gasteiger partial charge < -0.3 is 14.7 Å². The fraction of sp³-hybridized carbons (Fsp3) is 0.462. The number of carboxylic acids is 1. The van der Waals surface area contributed by atoms with E-state index in [2.05, 4.69) is 4.98 Å². The number of likely N-dealkylation sites (tertiary alicyclic amines) is 1. The number of hydrogen-bond acceptors (Lipinski definition) is 4. The van der Waals surface area contributed by atoms with E-state index >= 15 is 0 Å². The minimum Gasteiger partial charge on any atom is -0.482 e. The van der Waals surface area contributed by atoms with Crippen molar-refractivity contribution in [3.63, 3.8) is 0 Å². The second kappa shape index (κ2) is 6.17. The van der Waals surface area contributed by atoms with Crippen LogP contribution in [0, 0.1) is 0 Å². The Balaban J connectivity index is 1.89. The van der Waals surface area contributed by atoms with Crippen molar-refractivity contribution in [2.75, 3.05) is 19.7 Å². The van der Waals surface area contributed by atoms with E-state index in [4.69, 9.17) is 9.84 Å². The molecule has 0 aromatic carbocycles. The van der Waals surface area contributed by atoms with Crippen molar-refractivity contribution in [3.8, 4) is 5.75 Å². The van der Waals surface area contributed by atoms with E-state index < -0.39 is 5.97 Å². The van der Waals surface area contributed by atoms with Crippen LogP contribution < -0.4 is 4.74 Å². The van der Waals surface area contributed by atoms with Crippen molar-refractivity contribution in [1.82, 2.24) is 9.88 Å². The summed E-state index contributed by atoms with van der Waals surface area (Å²) in [6, 6.07) is 1.36. The molecule has 0 bridgehead atoms. The summed E-state index contributed by atoms with van der Waals surface area (Å²) in [6.07, 6.45) is 5.86. The molecule has 1 saturated heterocycles. The van der Waals surface area contributed by atoms with Gasteiger partial charge >= 0.3 is 5.97 Å². The summed E-state index contributed by atoms with van der Waals surface area (Å²) in [5, 5.41) is 8.82. The van der Waals surface area contributed by atoms with E-state index in [0.717, 1.165) is 32.4 Å². The molecular weight excluding hydrogens is 248 g/mol. The van der Waals surface area contributed by atoms with Crippen molar-refractivity contribution in [1.29, 1.82) is 0 Å². The molecule has 1 amide bonds. The maximum atomic E-state index is 11.9. The zero-order valence-electron chi connectivity index (χ0n) is 10.5. The summed E-state index contributed by atoms with van der Waals surface area (Å²) in [7, 11) is 0. The van der Waals surface area contributed by atoms with E-state index in [1.165, 1.54) is 18.5 Å². The van der Waals surface area contributed by atoms with E-state index in [0.29, 0.717) is 5.75 Å². The molecule has 1 fully saturated rings. The van der Waals surface area contributed by atoms with Crippen LogP contribution in [0.5, 0.6) is 5.75 Å². The summed E-state index contributed by atoms with van der Waals surface area (Å²) < 4.78 is 5.29. The number of rotatable bonds is 4. The van der Waals surface area contributed by atoms with Crippen molar-refractivity contribution in [2.45, 2.75) is 19.3 Å². The Kier molecular flexibility index (Phi) is 4.33. The largest absolute Gasteiger partial charge is 0.482 e. The average molecular weight is 264 g/mol. The Morgan fingerprint density at radius 3 is 2.68 bits per heavy atom. The molecule has 0 atom stereocenters. The Hall–Kier alpha value is -2.11. The summed E-state index contributed by atoms with van der Waals surface area (Å²) in [5.41, 5.74) is 0.0444. The zero-order valence-corrected chi connectivity index (χ0v) is 10.5. The highest BCUT2D eigenvalue weighted by Crippen LogP contribution is 2.13. The van der Waals surface area contributed by atoms with E-state index in [1.54, 1.807) is 4.90 Å². The lowest BCUT2D eigenvalue weighted by Gasteiger charge is -2.26. The molecule has 0 saturated carbocycles. The molecule has 0 radical (unpaired) electrons. The summed E-state index contributed by atoms with van der Waals surface area (Å²) >= 11 is 0. The molecule has 1 N–H and O–H groups in total. The van der Waals surface area contributed by atoms with Gasteiger partial charge in [-0.1, -0.05) is 0 Å². The van der Waals surface area contributed by atoms with Gasteiger partial charge in [0.25, 0.3) is 5.91 Å². The highest BCUT2D eigenvalue weighted by atomic mass is 16.5. The first-order valence-electron chi connectivity index (χ1n) is 6.26. The normalized spacial score (nSPS) is 15.1. The van der Waals surface area contributed by atoms with Crippen LogP contribution in [0.1, 0.15) is 29.6 Å². The first-order valence-corrected chi connectivity index (χ1v) is 6.26. The number of hydrogen-bond donors (Lipinski definition) is 1. The number of amides is 1. The highest BCUT2D eigenvalue weighted by molar-refractivity contribution is 5.87. The molecule has 6 heteroatoms. The highest BCUT2D eigenvalue weighted by Gasteiger charge is 2.17. The number of pyridine rings is 1. The maximum absolute atomic E-state index is 11.9. The molecule has 1 aliphatic heterocycles. The molecule has 1 aliphatic rings. The van der Waals surface area contributed by atoms with Gasteiger partial charge in [0.2, 0.25) is 0 Å². The Morgan fingerprint density at radius 1 is 1.26 bits per heavy atom. The van der Waals surface area contributed by atoms with Gasteiger partial charge in [0.15, 0.2) is 6.61 Å². The van der Waals surface area contributed by atoms with Crippen molar-refractivity contribution < 1.29 is 19.4 Å². The van der Waals surface area contributed by atoms with Crippen LogP contribution in [0.4, 0.5) is 0 Å². The first-order chi connectivity index (χ1) is 9.16. The Morgan fingerprint density at radius 2 is 2.00 bits per heavy atom. The van der Waals surface area contributed by atoms with E-state index in [1.807, 2.05) is 0 Å². The molecule has 6 nitrogen and oxygen atoms in total. The summed E-state index contributed by atoms with van der Waals surface area (Å²) in [5.74, 6) is -0.842. The standard InChI is InChI=1S/C13H16N2O4/c16-12(15-4-2-1-3-5-15)9-19-11-6-10(13(17)18)7-14-8-11/h6-8H,1-5,9H2,(H,17,18). The third kappa shape index (κ3) is 3.67. The van der Waals surface area contributed by atoms with Gasteiger partial charge in [-0.05, 0) is 25.3 Å². The van der Waals surface area contributed by atoms with Gasteiger partial charge in [0.05, 0.1) is 11.8 Å². The van der Waals surface area contributed by atoms with Crippen molar-refractivity contribution >= 4 is 11.9 Å². The number of nitrogens with zero attached hydrogens (tertiary/aromatic N) is 2. The average Bonchev–Trinajstić information content (AvgIpc) is 2.46. The topological polar surface area (TPSA) is 79.7 Å². The molecule has 1 aromatic rings. The monoisotopic (exact) mass is 264 g/mol. The van der Waals surface area contributed by atoms with Gasteiger partial charge in [-0.15, -0.1) is 0 Å². The second-order valence-electron chi connectivity index (χ2n) is 4.44. The molecule has 19 heavy (non-hydrogen) atoms. The summed E-state index contributed by atoms with van der Waals surface area (Å²) in [4.78, 5) is 28.2. The van der Waals surface area contributed by atoms with Crippen LogP contribution in [0.2, 0.25) is 0 Å². The van der Waals surface area contributed by atoms with Crippen LogP contribution in [0.3, 0.4) is 0 Å². The Labute approximate surface area is 111 Å². The fourth-order valence-corrected chi connectivity index (χ4v) is 1.99. The molecule has 1 aromatic heterocycles. The van der Waals surface area contributed by atoms with Crippen molar-refractivity contribution in [3.05, 3.63) is 24.0 Å². The molecule has 0 spiro atoms. The number of aromatic carboxylic acids is 1. The van der Waals surface area contributed by atoms with Crippen LogP contribution >= 0.6 is 0 Å². The molecule has 0 unspecified atom stereocenters. The third-order valence-corrected chi connectivity index (χ3v) is 3.03. The maximum Gasteiger partial charge on any atom is 0.337 e. The quantitative estimate of drug-likeness (QED) is 0.883. The number of ether oxygens (including phenoxy) is 1. The Bertz CT molecular complexity index is 469. The predicted octanol–water partition coefficient (Wildman–Crippen LogP) is 1.17. The molecule has 2 rings (SSSR count). The van der Waals surface area contributed by atoms with Gasteiger partial charge in [0, 0.05) is 19.3 Å². The number of carboxylic acid groups (broad SMARTS) is 1. The fourth-order valence-electron chi connectivity index (χ4n) is 1.99. The van der Waals surface area contributed by atoms with E-state index in [-0.39, 0.29) is 18.1 Å². The molecular formula is C13H16N2O4. The lowest BCUT2D eigenvalue weighted by Crippen LogP contribution is -2.38. The third-order valence-electron chi connectivity index (χ3n) is 3.03. The van der Waals surface area contributed by atoms with Gasteiger partial charge in [-0.3, -0.25) is 9.78 Å². The van der Waals surface area contributed by atoms with E-state index in [9.17, 15) is 9.59 Å². The van der Waals surface area contributed by atoms with Crippen LogP contribution in [-0.4, -0.2) is 46.6 Å². The van der Waals surface area contributed by atoms with Gasteiger partial charge in [-0.25, -0.2) is 4.79 Å². The minimum atomic E-state index is -1.07.